The fourth-order valence-corrected chi connectivity index (χ4v) is 3.49. The van der Waals surface area contributed by atoms with Gasteiger partial charge in [-0.1, -0.05) is 6.07 Å². The number of fused-ring (bicyclic) bond motifs is 1. The van der Waals surface area contributed by atoms with Gasteiger partial charge in [0.15, 0.2) is 14.6 Å². The number of hydrogen-bond donors (Lipinski definition) is 1. The quantitative estimate of drug-likeness (QED) is 0.907. The van der Waals surface area contributed by atoms with Crippen molar-refractivity contribution in [3.8, 4) is 0 Å². The summed E-state index contributed by atoms with van der Waals surface area (Å²) in [5.74, 6) is -1.33. The van der Waals surface area contributed by atoms with Crippen molar-refractivity contribution < 1.29 is 18.3 Å². The molecule has 0 amide bonds. The molecule has 18 heavy (non-hydrogen) atoms. The summed E-state index contributed by atoms with van der Waals surface area (Å²) in [6.45, 7) is 2.44. The van der Waals surface area contributed by atoms with E-state index in [1.54, 1.807) is 12.1 Å². The summed E-state index contributed by atoms with van der Waals surface area (Å²) in [7, 11) is -3.86. The summed E-state index contributed by atoms with van der Waals surface area (Å²) < 4.78 is 22.8. The van der Waals surface area contributed by atoms with Crippen molar-refractivity contribution in [2.75, 3.05) is 0 Å². The van der Waals surface area contributed by atoms with Crippen molar-refractivity contribution in [1.29, 1.82) is 0 Å². The van der Waals surface area contributed by atoms with Crippen molar-refractivity contribution in [2.24, 2.45) is 0 Å². The minimum absolute atomic E-state index is 0.107. The maximum absolute atomic E-state index is 12.3. The molecule has 5 heteroatoms. The minimum atomic E-state index is -3.86. The third-order valence-corrected chi connectivity index (χ3v) is 5.96. The number of carboxylic acids is 1. The van der Waals surface area contributed by atoms with Gasteiger partial charge < -0.3 is 5.11 Å². The van der Waals surface area contributed by atoms with Gasteiger partial charge in [0.05, 0.1) is 4.90 Å². The topological polar surface area (TPSA) is 71.4 Å². The maximum atomic E-state index is 12.3. The second-order valence-electron chi connectivity index (χ2n) is 5.10. The fourth-order valence-electron chi connectivity index (χ4n) is 2.12. The lowest BCUT2D eigenvalue weighted by Gasteiger charge is -2.20. The number of sulfone groups is 1. The van der Waals surface area contributed by atoms with Gasteiger partial charge in [-0.25, -0.2) is 8.42 Å². The molecule has 98 valence electrons. The van der Waals surface area contributed by atoms with Gasteiger partial charge in [-0.05, 0) is 56.4 Å². The van der Waals surface area contributed by atoms with Gasteiger partial charge in [-0.15, -0.1) is 0 Å². The summed E-state index contributed by atoms with van der Waals surface area (Å²) in [6.07, 6.45) is 2.87. The molecule has 1 aliphatic carbocycles. The molecule has 0 unspecified atom stereocenters. The lowest BCUT2D eigenvalue weighted by atomic mass is 10.1. The molecule has 2 rings (SSSR count). The fraction of sp³-hybridized carbons (Fsp3) is 0.462. The van der Waals surface area contributed by atoms with Gasteiger partial charge >= 0.3 is 5.97 Å². The summed E-state index contributed by atoms with van der Waals surface area (Å²) in [5.41, 5.74) is 2.19. The van der Waals surface area contributed by atoms with Gasteiger partial charge in [0, 0.05) is 0 Å². The van der Waals surface area contributed by atoms with Crippen LogP contribution in [0.5, 0.6) is 0 Å². The van der Waals surface area contributed by atoms with Crippen LogP contribution in [0.2, 0.25) is 0 Å². The molecule has 0 aromatic heterocycles. The first-order chi connectivity index (χ1) is 8.26. The zero-order chi connectivity index (χ0) is 13.6. The molecule has 0 saturated carbocycles. The Morgan fingerprint density at radius 3 is 2.44 bits per heavy atom. The van der Waals surface area contributed by atoms with Crippen LogP contribution in [0.4, 0.5) is 0 Å². The van der Waals surface area contributed by atoms with E-state index in [-0.39, 0.29) is 4.90 Å². The van der Waals surface area contributed by atoms with E-state index in [2.05, 4.69) is 0 Å². The van der Waals surface area contributed by atoms with Crippen LogP contribution < -0.4 is 0 Å². The van der Waals surface area contributed by atoms with Crippen LogP contribution >= 0.6 is 0 Å². The van der Waals surface area contributed by atoms with Gasteiger partial charge in [0.2, 0.25) is 0 Å². The zero-order valence-corrected chi connectivity index (χ0v) is 11.3. The highest BCUT2D eigenvalue weighted by Crippen LogP contribution is 2.30. The first-order valence-corrected chi connectivity index (χ1v) is 7.35. The van der Waals surface area contributed by atoms with E-state index >= 15 is 0 Å². The molecule has 1 N–H and O–H groups in total. The van der Waals surface area contributed by atoms with Gasteiger partial charge in [0.1, 0.15) is 0 Å². The van der Waals surface area contributed by atoms with Crippen molar-refractivity contribution in [3.05, 3.63) is 29.3 Å². The smallest absolute Gasteiger partial charge is 0.324 e. The number of hydrogen-bond acceptors (Lipinski definition) is 3. The van der Waals surface area contributed by atoms with Crippen LogP contribution in [0, 0.1) is 0 Å². The molecule has 0 aliphatic heterocycles. The van der Waals surface area contributed by atoms with Crippen molar-refractivity contribution >= 4 is 15.8 Å². The number of rotatable bonds is 3. The second kappa shape index (κ2) is 4.09. The minimum Gasteiger partial charge on any atom is -0.480 e. The predicted molar refractivity (Wildman–Crippen MR) is 67.4 cm³/mol. The summed E-state index contributed by atoms with van der Waals surface area (Å²) in [5, 5.41) is 9.05. The highest BCUT2D eigenvalue weighted by atomic mass is 32.2. The van der Waals surface area contributed by atoms with Crippen LogP contribution in [-0.4, -0.2) is 24.2 Å². The van der Waals surface area contributed by atoms with Gasteiger partial charge in [0.25, 0.3) is 0 Å². The van der Waals surface area contributed by atoms with E-state index in [0.29, 0.717) is 0 Å². The summed E-state index contributed by atoms with van der Waals surface area (Å²) in [6, 6.07) is 4.94. The maximum Gasteiger partial charge on any atom is 0.324 e. The van der Waals surface area contributed by atoms with E-state index in [1.165, 1.54) is 25.5 Å². The lowest BCUT2D eigenvalue weighted by Crippen LogP contribution is -2.40. The average molecular weight is 268 g/mol. The molecule has 0 bridgehead atoms. The van der Waals surface area contributed by atoms with E-state index in [4.69, 9.17) is 5.11 Å². The molecule has 0 atom stereocenters. The molecular formula is C13H16O4S. The van der Waals surface area contributed by atoms with Crippen LogP contribution in [0.1, 0.15) is 31.4 Å². The number of aryl methyl sites for hydroxylation is 2. The van der Waals surface area contributed by atoms with Crippen LogP contribution in [0.15, 0.2) is 23.1 Å². The highest BCUT2D eigenvalue weighted by Gasteiger charge is 2.43. The Bertz CT molecular complexity index is 599. The van der Waals surface area contributed by atoms with Gasteiger partial charge in [-0.3, -0.25) is 4.79 Å². The number of carboxylic acid groups (broad SMARTS) is 1. The van der Waals surface area contributed by atoms with Crippen LogP contribution in [-0.2, 0) is 27.5 Å². The Labute approximate surface area is 107 Å². The molecule has 0 saturated heterocycles. The Balaban J connectivity index is 2.52. The monoisotopic (exact) mass is 268 g/mol. The van der Waals surface area contributed by atoms with E-state index in [9.17, 15) is 13.2 Å². The zero-order valence-electron chi connectivity index (χ0n) is 10.4. The average Bonchev–Trinajstić information content (AvgIpc) is 2.75. The highest BCUT2D eigenvalue weighted by molar-refractivity contribution is 7.93. The van der Waals surface area contributed by atoms with Crippen molar-refractivity contribution in [2.45, 2.75) is 42.8 Å². The van der Waals surface area contributed by atoms with Gasteiger partial charge in [-0.2, -0.15) is 0 Å². The first kappa shape index (κ1) is 13.1. The number of aliphatic carboxylic acids is 1. The largest absolute Gasteiger partial charge is 0.480 e. The standard InChI is InChI=1S/C13H16O4S/c1-13(2,12(14)15)18(16,17)11-7-6-9-4-3-5-10(9)8-11/h6-8H,3-5H2,1-2H3,(H,14,15). The van der Waals surface area contributed by atoms with E-state index in [0.717, 1.165) is 24.8 Å². The normalized spacial score (nSPS) is 15.4. The SMILES string of the molecule is CC(C)(C(=O)O)S(=O)(=O)c1ccc2c(c1)CCC2. The summed E-state index contributed by atoms with van der Waals surface area (Å²) >= 11 is 0. The number of benzene rings is 1. The Hall–Kier alpha value is -1.36. The molecule has 0 heterocycles. The molecule has 1 aromatic rings. The van der Waals surface area contributed by atoms with Crippen LogP contribution in [0.3, 0.4) is 0 Å². The van der Waals surface area contributed by atoms with Crippen molar-refractivity contribution in [3.63, 3.8) is 0 Å². The number of carbonyl (C=O) groups is 1. The molecule has 0 radical (unpaired) electrons. The third-order valence-electron chi connectivity index (χ3n) is 3.57. The predicted octanol–water partition coefficient (Wildman–Crippen LogP) is 1.81. The second-order valence-corrected chi connectivity index (χ2v) is 7.60. The van der Waals surface area contributed by atoms with E-state index < -0.39 is 20.6 Å². The Kier molecular flexibility index (Phi) is 2.97. The van der Waals surface area contributed by atoms with Crippen molar-refractivity contribution in [1.82, 2.24) is 0 Å². The molecular weight excluding hydrogens is 252 g/mol. The molecule has 1 aromatic carbocycles. The first-order valence-electron chi connectivity index (χ1n) is 5.86. The molecule has 4 nitrogen and oxygen atoms in total. The van der Waals surface area contributed by atoms with Crippen LogP contribution in [0.25, 0.3) is 0 Å². The molecule has 0 fully saturated rings. The molecule has 1 aliphatic rings. The summed E-state index contributed by atoms with van der Waals surface area (Å²) in [4.78, 5) is 11.2. The Morgan fingerprint density at radius 1 is 1.22 bits per heavy atom. The molecule has 0 spiro atoms. The van der Waals surface area contributed by atoms with E-state index in [1.807, 2.05) is 0 Å². The lowest BCUT2D eigenvalue weighted by molar-refractivity contribution is -0.139. The third kappa shape index (κ3) is 1.82. The Morgan fingerprint density at radius 2 is 1.83 bits per heavy atom.